The van der Waals surface area contributed by atoms with Gasteiger partial charge >= 0.3 is 0 Å². The highest BCUT2D eigenvalue weighted by Gasteiger charge is 2.36. The van der Waals surface area contributed by atoms with Crippen LogP contribution in [0.4, 0.5) is 0 Å². The van der Waals surface area contributed by atoms with Gasteiger partial charge in [-0.1, -0.05) is 13.8 Å². The van der Waals surface area contributed by atoms with E-state index in [1.807, 2.05) is 6.92 Å². The van der Waals surface area contributed by atoms with Crippen molar-refractivity contribution in [3.63, 3.8) is 0 Å². The number of hydrogen-bond donors (Lipinski definition) is 3. The van der Waals surface area contributed by atoms with E-state index in [9.17, 15) is 8.42 Å². The molecule has 1 fully saturated rings. The Labute approximate surface area is 115 Å². The van der Waals surface area contributed by atoms with E-state index in [1.165, 1.54) is 0 Å². The maximum atomic E-state index is 12.2. The zero-order valence-electron chi connectivity index (χ0n) is 11.8. The number of H-pyrrole nitrogens is 1. The van der Waals surface area contributed by atoms with Gasteiger partial charge in [-0.25, -0.2) is 13.1 Å². The van der Waals surface area contributed by atoms with E-state index in [-0.39, 0.29) is 5.54 Å². The summed E-state index contributed by atoms with van der Waals surface area (Å²) in [4.78, 5) is 3.33. The molecule has 6 heteroatoms. The lowest BCUT2D eigenvalue weighted by Crippen LogP contribution is -2.50. The van der Waals surface area contributed by atoms with Crippen LogP contribution >= 0.6 is 0 Å². The lowest BCUT2D eigenvalue weighted by atomic mass is 9.80. The Kier molecular flexibility index (Phi) is 4.03. The van der Waals surface area contributed by atoms with Gasteiger partial charge in [0.05, 0.1) is 4.90 Å². The Bertz CT molecular complexity index is 530. The minimum atomic E-state index is -3.41. The molecule has 19 heavy (non-hydrogen) atoms. The summed E-state index contributed by atoms with van der Waals surface area (Å²) in [5.74, 6) is 0. The first kappa shape index (κ1) is 14.6. The first-order valence-electron chi connectivity index (χ1n) is 6.75. The Morgan fingerprint density at radius 3 is 2.63 bits per heavy atom. The maximum Gasteiger partial charge on any atom is 0.242 e. The van der Waals surface area contributed by atoms with E-state index in [0.717, 1.165) is 25.0 Å². The number of nitrogens with one attached hydrogen (secondary N) is 3. The van der Waals surface area contributed by atoms with Crippen molar-refractivity contribution in [3.05, 3.63) is 18.0 Å². The van der Waals surface area contributed by atoms with Crippen LogP contribution in [-0.4, -0.2) is 25.0 Å². The van der Waals surface area contributed by atoms with Gasteiger partial charge in [0.25, 0.3) is 0 Å². The van der Waals surface area contributed by atoms with Gasteiger partial charge in [-0.05, 0) is 32.3 Å². The van der Waals surface area contributed by atoms with Crippen LogP contribution in [0.5, 0.6) is 0 Å². The summed E-state index contributed by atoms with van der Waals surface area (Å²) in [6, 6.07) is 2.06. The average molecular weight is 285 g/mol. The Morgan fingerprint density at radius 1 is 1.42 bits per heavy atom. The summed E-state index contributed by atoms with van der Waals surface area (Å²) in [6.45, 7) is 6.71. The summed E-state index contributed by atoms with van der Waals surface area (Å²) >= 11 is 0. The quantitative estimate of drug-likeness (QED) is 0.745. The van der Waals surface area contributed by atoms with E-state index in [4.69, 9.17) is 0 Å². The van der Waals surface area contributed by atoms with Gasteiger partial charge in [0.1, 0.15) is 0 Å². The fraction of sp³-hybridized carbons (Fsp3) is 0.692. The largest absolute Gasteiger partial charge is 0.363 e. The molecule has 0 aliphatic heterocycles. The van der Waals surface area contributed by atoms with Gasteiger partial charge in [-0.2, -0.15) is 0 Å². The maximum absolute atomic E-state index is 12.2. The molecule has 0 unspecified atom stereocenters. The molecular formula is C13H23N3O2S. The average Bonchev–Trinajstić information content (AvgIpc) is 2.73. The molecule has 1 aromatic heterocycles. The zero-order chi connectivity index (χ0) is 14.1. The molecule has 0 atom stereocenters. The molecule has 0 bridgehead atoms. The van der Waals surface area contributed by atoms with Crippen LogP contribution in [0.15, 0.2) is 17.2 Å². The van der Waals surface area contributed by atoms with Crippen molar-refractivity contribution in [2.45, 2.75) is 63.1 Å². The highest BCUT2D eigenvalue weighted by atomic mass is 32.2. The van der Waals surface area contributed by atoms with E-state index in [0.29, 0.717) is 17.5 Å². The first-order valence-corrected chi connectivity index (χ1v) is 8.24. The molecule has 0 radical (unpaired) electrons. The molecule has 1 aliphatic carbocycles. The van der Waals surface area contributed by atoms with Crippen molar-refractivity contribution in [2.24, 2.45) is 0 Å². The molecule has 1 saturated carbocycles. The standard InChI is InChI=1S/C13H23N3O2S/c1-10(2)14-8-11-7-12(9-15-11)19(17,18)16-13(3)5-4-6-13/h7,9-10,14-16H,4-6,8H2,1-3H3. The molecule has 1 aromatic rings. The van der Waals surface area contributed by atoms with Crippen LogP contribution in [0.25, 0.3) is 0 Å². The number of aromatic nitrogens is 1. The first-order chi connectivity index (χ1) is 8.81. The Balaban J connectivity index is 2.04. The molecule has 0 aromatic carbocycles. The summed E-state index contributed by atoms with van der Waals surface area (Å²) in [7, 11) is -3.41. The predicted octanol–water partition coefficient (Wildman–Crippen LogP) is 1.73. The summed E-state index contributed by atoms with van der Waals surface area (Å²) in [5, 5.41) is 3.25. The molecular weight excluding hydrogens is 262 g/mol. The van der Waals surface area contributed by atoms with Crippen molar-refractivity contribution in [2.75, 3.05) is 0 Å². The van der Waals surface area contributed by atoms with Crippen LogP contribution in [0, 0.1) is 0 Å². The van der Waals surface area contributed by atoms with Gasteiger partial charge in [0.15, 0.2) is 0 Å². The zero-order valence-corrected chi connectivity index (χ0v) is 12.6. The smallest absolute Gasteiger partial charge is 0.242 e. The van der Waals surface area contributed by atoms with Crippen LogP contribution in [0.2, 0.25) is 0 Å². The van der Waals surface area contributed by atoms with E-state index in [2.05, 4.69) is 28.9 Å². The van der Waals surface area contributed by atoms with Crippen molar-refractivity contribution in [1.82, 2.24) is 15.0 Å². The van der Waals surface area contributed by atoms with Crippen LogP contribution in [0.3, 0.4) is 0 Å². The molecule has 5 nitrogen and oxygen atoms in total. The highest BCUT2D eigenvalue weighted by Crippen LogP contribution is 2.32. The minimum absolute atomic E-state index is 0.257. The second kappa shape index (κ2) is 5.26. The second-order valence-electron chi connectivity index (χ2n) is 5.92. The number of rotatable bonds is 6. The van der Waals surface area contributed by atoms with Gasteiger partial charge in [-0.3, -0.25) is 0 Å². The third-order valence-corrected chi connectivity index (χ3v) is 5.18. The van der Waals surface area contributed by atoms with Crippen molar-refractivity contribution < 1.29 is 8.42 Å². The number of aromatic amines is 1. The lowest BCUT2D eigenvalue weighted by molar-refractivity contribution is 0.248. The Morgan fingerprint density at radius 2 is 2.11 bits per heavy atom. The normalized spacial score (nSPS) is 18.5. The molecule has 2 rings (SSSR count). The topological polar surface area (TPSA) is 74.0 Å². The molecule has 1 aliphatic rings. The van der Waals surface area contributed by atoms with Gasteiger partial charge in [0.2, 0.25) is 10.0 Å². The fourth-order valence-corrected chi connectivity index (χ4v) is 3.66. The molecule has 3 N–H and O–H groups in total. The van der Waals surface area contributed by atoms with Gasteiger partial charge in [0, 0.05) is 30.0 Å². The van der Waals surface area contributed by atoms with E-state index >= 15 is 0 Å². The van der Waals surface area contributed by atoms with E-state index in [1.54, 1.807) is 12.3 Å². The molecule has 1 heterocycles. The van der Waals surface area contributed by atoms with E-state index < -0.39 is 10.0 Å². The van der Waals surface area contributed by atoms with Crippen molar-refractivity contribution in [3.8, 4) is 0 Å². The molecule has 0 saturated heterocycles. The van der Waals surface area contributed by atoms with Gasteiger partial charge < -0.3 is 10.3 Å². The SMILES string of the molecule is CC(C)NCc1cc(S(=O)(=O)NC2(C)CCC2)c[nH]1. The molecule has 0 spiro atoms. The van der Waals surface area contributed by atoms with Gasteiger partial charge in [-0.15, -0.1) is 0 Å². The van der Waals surface area contributed by atoms with Crippen molar-refractivity contribution in [1.29, 1.82) is 0 Å². The lowest BCUT2D eigenvalue weighted by Gasteiger charge is -2.38. The Hall–Kier alpha value is -0.850. The third-order valence-electron chi connectivity index (χ3n) is 3.57. The molecule has 108 valence electrons. The fourth-order valence-electron chi connectivity index (χ4n) is 2.18. The van der Waals surface area contributed by atoms with Crippen LogP contribution in [-0.2, 0) is 16.6 Å². The van der Waals surface area contributed by atoms with Crippen LogP contribution in [0.1, 0.15) is 45.7 Å². The highest BCUT2D eigenvalue weighted by molar-refractivity contribution is 7.89. The van der Waals surface area contributed by atoms with Crippen molar-refractivity contribution >= 4 is 10.0 Å². The monoisotopic (exact) mass is 285 g/mol. The van der Waals surface area contributed by atoms with Crippen LogP contribution < -0.4 is 10.0 Å². The summed E-state index contributed by atoms with van der Waals surface area (Å²) in [6.07, 6.45) is 4.48. The second-order valence-corrected chi connectivity index (χ2v) is 7.60. The molecule has 0 amide bonds. The summed E-state index contributed by atoms with van der Waals surface area (Å²) < 4.78 is 27.3. The minimum Gasteiger partial charge on any atom is -0.363 e. The third kappa shape index (κ3) is 3.58. The number of hydrogen-bond acceptors (Lipinski definition) is 3. The summed E-state index contributed by atoms with van der Waals surface area (Å²) in [5.41, 5.74) is 0.625. The predicted molar refractivity (Wildman–Crippen MR) is 75.3 cm³/mol. The number of sulfonamides is 1.